The average Bonchev–Trinajstić information content (AvgIpc) is 2.84. The van der Waals surface area contributed by atoms with Crippen molar-refractivity contribution in [3.8, 4) is 5.75 Å². The minimum atomic E-state index is -0.939. The molecule has 0 saturated carbocycles. The summed E-state index contributed by atoms with van der Waals surface area (Å²) in [7, 11) is 1.36. The maximum Gasteiger partial charge on any atom is 0.337 e. The molecule has 8 heteroatoms. The number of esters is 1. The average molecular weight is 475 g/mol. The number of nitrogens with zero attached hydrogens (tertiary/aromatic N) is 2. The molecule has 0 aromatic heterocycles. The second-order valence-electron chi connectivity index (χ2n) is 9.17. The molecule has 34 heavy (non-hydrogen) atoms. The number of ether oxygens (including phenoxy) is 2. The zero-order valence-corrected chi connectivity index (χ0v) is 20.0. The number of piperazine rings is 1. The van der Waals surface area contributed by atoms with E-state index in [1.54, 1.807) is 12.1 Å². The maximum absolute atomic E-state index is 13.3. The normalized spacial score (nSPS) is 14.7. The Balaban J connectivity index is 1.41. The zero-order valence-electron chi connectivity index (χ0n) is 20.0. The first kappa shape index (κ1) is 25.6. The third-order valence-electron chi connectivity index (χ3n) is 6.13. The van der Waals surface area contributed by atoms with Gasteiger partial charge in [0.25, 0.3) is 0 Å². The van der Waals surface area contributed by atoms with E-state index in [2.05, 4.69) is 4.90 Å². The van der Waals surface area contributed by atoms with Crippen LogP contribution in [0.25, 0.3) is 0 Å². The highest BCUT2D eigenvalue weighted by Gasteiger charge is 2.33. The molecule has 0 spiro atoms. The number of halogens is 2. The molecule has 0 radical (unpaired) electrons. The van der Waals surface area contributed by atoms with Gasteiger partial charge in [-0.25, -0.2) is 13.6 Å². The molecule has 1 aliphatic heterocycles. The van der Waals surface area contributed by atoms with E-state index in [-0.39, 0.29) is 17.6 Å². The first-order valence-corrected chi connectivity index (χ1v) is 11.5. The third-order valence-corrected chi connectivity index (χ3v) is 6.13. The molecule has 0 bridgehead atoms. The SMILES string of the molecule is COC(=O)c1ccc(CN2CCN(C(=O)C(C)(C)CCCOc3ccc(F)c(F)c3)CC2)cc1. The van der Waals surface area contributed by atoms with Crippen LogP contribution < -0.4 is 4.74 Å². The van der Waals surface area contributed by atoms with Crippen LogP contribution in [0.3, 0.4) is 0 Å². The van der Waals surface area contributed by atoms with Crippen molar-refractivity contribution < 1.29 is 27.8 Å². The number of amides is 1. The molecule has 0 atom stereocenters. The largest absolute Gasteiger partial charge is 0.493 e. The summed E-state index contributed by atoms with van der Waals surface area (Å²) in [5.41, 5.74) is 1.09. The summed E-state index contributed by atoms with van der Waals surface area (Å²) in [5, 5.41) is 0. The summed E-state index contributed by atoms with van der Waals surface area (Å²) in [6.07, 6.45) is 1.25. The van der Waals surface area contributed by atoms with E-state index in [4.69, 9.17) is 9.47 Å². The monoisotopic (exact) mass is 474 g/mol. The molecule has 2 aromatic carbocycles. The minimum Gasteiger partial charge on any atom is -0.493 e. The van der Waals surface area contributed by atoms with Crippen LogP contribution in [0.1, 0.15) is 42.6 Å². The summed E-state index contributed by atoms with van der Waals surface area (Å²) in [4.78, 5) is 28.9. The quantitative estimate of drug-likeness (QED) is 0.401. The lowest BCUT2D eigenvalue weighted by Crippen LogP contribution is -2.51. The van der Waals surface area contributed by atoms with Gasteiger partial charge in [-0.3, -0.25) is 9.69 Å². The van der Waals surface area contributed by atoms with Gasteiger partial charge in [0, 0.05) is 44.2 Å². The molecule has 0 unspecified atom stereocenters. The van der Waals surface area contributed by atoms with E-state index in [1.165, 1.54) is 13.2 Å². The smallest absolute Gasteiger partial charge is 0.337 e. The van der Waals surface area contributed by atoms with Crippen LogP contribution in [0, 0.1) is 17.0 Å². The van der Waals surface area contributed by atoms with Crippen LogP contribution >= 0.6 is 0 Å². The first-order valence-electron chi connectivity index (χ1n) is 11.5. The van der Waals surface area contributed by atoms with E-state index in [9.17, 15) is 18.4 Å². The number of hydrogen-bond donors (Lipinski definition) is 0. The van der Waals surface area contributed by atoms with Crippen LogP contribution in [0.4, 0.5) is 8.78 Å². The van der Waals surface area contributed by atoms with Crippen molar-refractivity contribution in [3.05, 3.63) is 65.2 Å². The summed E-state index contributed by atoms with van der Waals surface area (Å²) in [6, 6.07) is 10.8. The number of rotatable bonds is 9. The number of hydrogen-bond acceptors (Lipinski definition) is 5. The van der Waals surface area contributed by atoms with Gasteiger partial charge < -0.3 is 14.4 Å². The molecule has 1 fully saturated rings. The summed E-state index contributed by atoms with van der Waals surface area (Å²) in [6.45, 7) is 7.82. The van der Waals surface area contributed by atoms with Crippen molar-refractivity contribution in [1.82, 2.24) is 9.80 Å². The van der Waals surface area contributed by atoms with Gasteiger partial charge in [0.2, 0.25) is 5.91 Å². The maximum atomic E-state index is 13.3. The zero-order chi connectivity index (χ0) is 24.7. The van der Waals surface area contributed by atoms with Crippen molar-refractivity contribution >= 4 is 11.9 Å². The highest BCUT2D eigenvalue weighted by molar-refractivity contribution is 5.89. The second kappa shape index (κ2) is 11.4. The Morgan fingerprint density at radius 2 is 1.65 bits per heavy atom. The van der Waals surface area contributed by atoms with E-state index < -0.39 is 17.0 Å². The molecular weight excluding hydrogens is 442 g/mol. The fraction of sp³-hybridized carbons (Fsp3) is 0.462. The second-order valence-corrected chi connectivity index (χ2v) is 9.17. The molecule has 0 aliphatic carbocycles. The van der Waals surface area contributed by atoms with Crippen molar-refractivity contribution in [2.75, 3.05) is 39.9 Å². The van der Waals surface area contributed by atoms with Gasteiger partial charge >= 0.3 is 5.97 Å². The van der Waals surface area contributed by atoms with Crippen LogP contribution in [-0.2, 0) is 16.1 Å². The summed E-state index contributed by atoms with van der Waals surface area (Å²) >= 11 is 0. The molecule has 1 heterocycles. The molecule has 0 N–H and O–H groups in total. The predicted octanol–water partition coefficient (Wildman–Crippen LogP) is 4.28. The topological polar surface area (TPSA) is 59.1 Å². The lowest BCUT2D eigenvalue weighted by molar-refractivity contribution is -0.142. The van der Waals surface area contributed by atoms with E-state index in [0.29, 0.717) is 38.1 Å². The summed E-state index contributed by atoms with van der Waals surface area (Å²) in [5.74, 6) is -1.81. The fourth-order valence-corrected chi connectivity index (χ4v) is 4.04. The molecular formula is C26H32F2N2O4. The van der Waals surface area contributed by atoms with Gasteiger partial charge in [-0.05, 0) is 42.7 Å². The Hall–Kier alpha value is -3.00. The lowest BCUT2D eigenvalue weighted by atomic mass is 9.86. The lowest BCUT2D eigenvalue weighted by Gasteiger charge is -2.38. The molecule has 184 valence electrons. The Morgan fingerprint density at radius 1 is 0.971 bits per heavy atom. The van der Waals surface area contributed by atoms with Gasteiger partial charge in [0.05, 0.1) is 19.3 Å². The molecule has 2 aromatic rings. The molecule has 1 amide bonds. The highest BCUT2D eigenvalue weighted by Crippen LogP contribution is 2.27. The standard InChI is InChI=1S/C26H32F2N2O4/c1-26(2,11-4-16-34-21-9-10-22(27)23(28)17-21)25(32)30-14-12-29(13-15-30)18-19-5-7-20(8-6-19)24(31)33-3/h5-10,17H,4,11-16,18H2,1-3H3. The number of benzene rings is 2. The van der Waals surface area contributed by atoms with Crippen LogP contribution in [0.5, 0.6) is 5.75 Å². The summed E-state index contributed by atoms with van der Waals surface area (Å²) < 4.78 is 36.5. The first-order chi connectivity index (χ1) is 16.2. The number of methoxy groups -OCH3 is 1. The van der Waals surface area contributed by atoms with Crippen molar-refractivity contribution in [2.45, 2.75) is 33.2 Å². The van der Waals surface area contributed by atoms with Gasteiger partial charge in [0.1, 0.15) is 5.75 Å². The van der Waals surface area contributed by atoms with Gasteiger partial charge in [-0.2, -0.15) is 0 Å². The molecule has 6 nitrogen and oxygen atoms in total. The van der Waals surface area contributed by atoms with Crippen molar-refractivity contribution in [2.24, 2.45) is 5.41 Å². The van der Waals surface area contributed by atoms with Crippen LogP contribution in [0.15, 0.2) is 42.5 Å². The minimum absolute atomic E-state index is 0.113. The third kappa shape index (κ3) is 6.76. The van der Waals surface area contributed by atoms with Crippen LogP contribution in [0.2, 0.25) is 0 Å². The van der Waals surface area contributed by atoms with Crippen LogP contribution in [-0.4, -0.2) is 61.6 Å². The van der Waals surface area contributed by atoms with Gasteiger partial charge in [-0.15, -0.1) is 0 Å². The van der Waals surface area contributed by atoms with Gasteiger partial charge in [0.15, 0.2) is 11.6 Å². The highest BCUT2D eigenvalue weighted by atomic mass is 19.2. The Kier molecular flexibility index (Phi) is 8.61. The predicted molar refractivity (Wildman–Crippen MR) is 125 cm³/mol. The Morgan fingerprint density at radius 3 is 2.26 bits per heavy atom. The van der Waals surface area contributed by atoms with E-state index in [0.717, 1.165) is 37.3 Å². The molecule has 1 saturated heterocycles. The van der Waals surface area contributed by atoms with E-state index >= 15 is 0 Å². The molecule has 3 rings (SSSR count). The van der Waals surface area contributed by atoms with Crippen molar-refractivity contribution in [1.29, 1.82) is 0 Å². The Labute approximate surface area is 199 Å². The number of carbonyl (C=O) groups excluding carboxylic acids is 2. The number of carbonyl (C=O) groups is 2. The fourth-order valence-electron chi connectivity index (χ4n) is 4.04. The Bertz CT molecular complexity index is 987. The van der Waals surface area contributed by atoms with E-state index in [1.807, 2.05) is 30.9 Å². The molecule has 1 aliphatic rings. The van der Waals surface area contributed by atoms with Crippen molar-refractivity contribution in [3.63, 3.8) is 0 Å². The van der Waals surface area contributed by atoms with Gasteiger partial charge in [-0.1, -0.05) is 26.0 Å².